The number of urea groups is 1. The first kappa shape index (κ1) is 25.2. The van der Waals surface area contributed by atoms with E-state index in [9.17, 15) is 19.2 Å². The molecule has 0 spiro atoms. The topological polar surface area (TPSA) is 119 Å². The van der Waals surface area contributed by atoms with E-state index in [-0.39, 0.29) is 5.70 Å². The Morgan fingerprint density at radius 3 is 2.41 bits per heavy atom. The van der Waals surface area contributed by atoms with E-state index >= 15 is 0 Å². The van der Waals surface area contributed by atoms with E-state index in [0.29, 0.717) is 17.0 Å². The molecule has 0 atom stereocenters. The number of anilines is 1. The number of ether oxygens (including phenoxy) is 2. The molecule has 4 amide bonds. The van der Waals surface area contributed by atoms with Crippen LogP contribution in [0.2, 0.25) is 0 Å². The third kappa shape index (κ3) is 5.08. The van der Waals surface area contributed by atoms with Gasteiger partial charge in [-0.1, -0.05) is 12.1 Å². The summed E-state index contributed by atoms with van der Waals surface area (Å²) in [6.07, 6.45) is 1.58. The lowest BCUT2D eigenvalue weighted by atomic mass is 10.2. The van der Waals surface area contributed by atoms with E-state index in [1.54, 1.807) is 54.6 Å². The summed E-state index contributed by atoms with van der Waals surface area (Å²) in [7, 11) is 2.81. The van der Waals surface area contributed by atoms with Gasteiger partial charge in [-0.25, -0.2) is 14.5 Å². The molecular weight excluding hydrogens is 476 g/mol. The molecule has 0 unspecified atom stereocenters. The van der Waals surface area contributed by atoms with Gasteiger partial charge in [0.2, 0.25) is 5.91 Å². The second kappa shape index (κ2) is 10.4. The third-order valence-corrected chi connectivity index (χ3v) is 5.96. The molecule has 0 aliphatic carbocycles. The number of benzene rings is 2. The average Bonchev–Trinajstić information content (AvgIpc) is 3.32. The number of esters is 1. The van der Waals surface area contributed by atoms with Crippen LogP contribution < -0.4 is 15.4 Å². The van der Waals surface area contributed by atoms with Crippen molar-refractivity contribution in [2.45, 2.75) is 13.8 Å². The largest absolute Gasteiger partial charge is 0.495 e. The monoisotopic (exact) mass is 502 g/mol. The maximum atomic E-state index is 13.0. The zero-order chi connectivity index (χ0) is 26.7. The Morgan fingerprint density at radius 1 is 1.03 bits per heavy atom. The van der Waals surface area contributed by atoms with Crippen LogP contribution in [-0.2, 0) is 14.3 Å². The fraction of sp³-hybridized carbons (Fsp3) is 0.185. The number of carbonyl (C=O) groups is 4. The third-order valence-electron chi connectivity index (χ3n) is 5.96. The summed E-state index contributed by atoms with van der Waals surface area (Å²) in [5.41, 5.74) is 4.19. The van der Waals surface area contributed by atoms with Crippen molar-refractivity contribution < 1.29 is 28.7 Å². The lowest BCUT2D eigenvalue weighted by Gasteiger charge is -2.13. The van der Waals surface area contributed by atoms with Gasteiger partial charge in [-0.15, -0.1) is 0 Å². The van der Waals surface area contributed by atoms with Crippen molar-refractivity contribution in [2.75, 3.05) is 26.1 Å². The molecular formula is C27H26N4O6. The van der Waals surface area contributed by atoms with Crippen LogP contribution in [0.15, 0.2) is 60.3 Å². The summed E-state index contributed by atoms with van der Waals surface area (Å²) in [6, 6.07) is 15.0. The Balaban J connectivity index is 1.52. The molecule has 37 heavy (non-hydrogen) atoms. The van der Waals surface area contributed by atoms with Crippen molar-refractivity contribution in [2.24, 2.45) is 0 Å². The summed E-state index contributed by atoms with van der Waals surface area (Å²) in [4.78, 5) is 50.6. The number of rotatable bonds is 7. The van der Waals surface area contributed by atoms with Gasteiger partial charge in [0.25, 0.3) is 5.91 Å². The molecule has 3 aromatic rings. The standard InChI is InChI=1S/C27H26N4O6/c1-16-13-19(17(2)31(16)20-11-9-18(10-12-20)26(34)37-4)14-22-25(33)30(27(35)29-22)15-24(32)28-21-7-5-6-8-23(21)36-3/h5-14H,15H2,1-4H3,(H,28,32)(H,29,35)/b22-14+. The number of aromatic nitrogens is 1. The normalized spacial score (nSPS) is 14.1. The van der Waals surface area contributed by atoms with Gasteiger partial charge in [0, 0.05) is 17.1 Å². The van der Waals surface area contributed by atoms with Gasteiger partial charge in [0.1, 0.15) is 18.0 Å². The minimum absolute atomic E-state index is 0.0661. The molecule has 10 nitrogen and oxygen atoms in total. The second-order valence-electron chi connectivity index (χ2n) is 8.33. The highest BCUT2D eigenvalue weighted by Crippen LogP contribution is 2.25. The Hall–Kier alpha value is -4.86. The zero-order valence-corrected chi connectivity index (χ0v) is 20.8. The van der Waals surface area contributed by atoms with E-state index < -0.39 is 30.4 Å². The van der Waals surface area contributed by atoms with Gasteiger partial charge in [-0.2, -0.15) is 0 Å². The first-order valence-electron chi connectivity index (χ1n) is 11.4. The summed E-state index contributed by atoms with van der Waals surface area (Å²) in [6.45, 7) is 3.34. The lowest BCUT2D eigenvalue weighted by molar-refractivity contribution is -0.127. The first-order chi connectivity index (χ1) is 17.7. The fourth-order valence-electron chi connectivity index (χ4n) is 4.15. The molecule has 2 aromatic carbocycles. The molecule has 1 aliphatic rings. The Labute approximate surface area is 213 Å². The molecule has 1 aromatic heterocycles. The summed E-state index contributed by atoms with van der Waals surface area (Å²) >= 11 is 0. The van der Waals surface area contributed by atoms with E-state index in [1.807, 2.05) is 24.5 Å². The minimum atomic E-state index is -0.682. The van der Waals surface area contributed by atoms with Crippen molar-refractivity contribution in [1.82, 2.24) is 14.8 Å². The number of amides is 4. The van der Waals surface area contributed by atoms with E-state index in [4.69, 9.17) is 9.47 Å². The van der Waals surface area contributed by atoms with Gasteiger partial charge in [-0.05, 0) is 68.0 Å². The van der Waals surface area contributed by atoms with Crippen LogP contribution in [0.4, 0.5) is 10.5 Å². The van der Waals surface area contributed by atoms with Gasteiger partial charge in [0.05, 0.1) is 25.5 Å². The highest BCUT2D eigenvalue weighted by atomic mass is 16.5. The van der Waals surface area contributed by atoms with E-state index in [0.717, 1.165) is 27.5 Å². The van der Waals surface area contributed by atoms with Crippen LogP contribution >= 0.6 is 0 Å². The quantitative estimate of drug-likeness (QED) is 0.290. The highest BCUT2D eigenvalue weighted by Gasteiger charge is 2.35. The minimum Gasteiger partial charge on any atom is -0.495 e. The van der Waals surface area contributed by atoms with Crippen molar-refractivity contribution in [3.05, 3.63) is 82.8 Å². The molecule has 10 heteroatoms. The van der Waals surface area contributed by atoms with Crippen LogP contribution in [0.5, 0.6) is 5.75 Å². The molecule has 2 N–H and O–H groups in total. The number of carbonyl (C=O) groups excluding carboxylic acids is 4. The van der Waals surface area contributed by atoms with Crippen molar-refractivity contribution in [3.8, 4) is 11.4 Å². The van der Waals surface area contributed by atoms with Gasteiger partial charge < -0.3 is 24.7 Å². The number of nitrogens with one attached hydrogen (secondary N) is 2. The van der Waals surface area contributed by atoms with Crippen molar-refractivity contribution >= 4 is 35.6 Å². The maximum Gasteiger partial charge on any atom is 0.337 e. The smallest absolute Gasteiger partial charge is 0.337 e. The maximum absolute atomic E-state index is 13.0. The number of hydrogen-bond acceptors (Lipinski definition) is 6. The molecule has 0 saturated carbocycles. The number of methoxy groups -OCH3 is 2. The number of aryl methyl sites for hydroxylation is 1. The molecule has 190 valence electrons. The molecule has 0 bridgehead atoms. The van der Waals surface area contributed by atoms with Crippen molar-refractivity contribution in [3.63, 3.8) is 0 Å². The summed E-state index contributed by atoms with van der Waals surface area (Å²) in [5, 5.41) is 5.21. The lowest BCUT2D eigenvalue weighted by Crippen LogP contribution is -2.38. The average molecular weight is 503 g/mol. The predicted molar refractivity (Wildman–Crippen MR) is 136 cm³/mol. The van der Waals surface area contributed by atoms with E-state index in [1.165, 1.54) is 14.2 Å². The Morgan fingerprint density at radius 2 is 1.73 bits per heavy atom. The molecule has 2 heterocycles. The molecule has 0 radical (unpaired) electrons. The number of para-hydroxylation sites is 2. The molecule has 1 fully saturated rings. The highest BCUT2D eigenvalue weighted by molar-refractivity contribution is 6.16. The Bertz CT molecular complexity index is 1420. The van der Waals surface area contributed by atoms with Crippen LogP contribution in [0.25, 0.3) is 11.8 Å². The van der Waals surface area contributed by atoms with Crippen LogP contribution in [0.1, 0.15) is 27.3 Å². The van der Waals surface area contributed by atoms with Crippen molar-refractivity contribution in [1.29, 1.82) is 0 Å². The number of imide groups is 1. The SMILES string of the molecule is COC(=O)c1ccc(-n2c(C)cc(/C=C3/NC(=O)N(CC(=O)Nc4ccccc4OC)C3=O)c2C)cc1. The fourth-order valence-corrected chi connectivity index (χ4v) is 4.15. The first-order valence-corrected chi connectivity index (χ1v) is 11.4. The zero-order valence-electron chi connectivity index (χ0n) is 20.8. The Kier molecular flexibility index (Phi) is 7.10. The summed E-state index contributed by atoms with van der Waals surface area (Å²) < 4.78 is 11.9. The number of nitrogens with zero attached hydrogens (tertiary/aromatic N) is 2. The van der Waals surface area contributed by atoms with Gasteiger partial charge >= 0.3 is 12.0 Å². The van der Waals surface area contributed by atoms with Crippen LogP contribution in [-0.4, -0.2) is 54.0 Å². The molecule has 1 aliphatic heterocycles. The summed E-state index contributed by atoms with van der Waals surface area (Å²) in [5.74, 6) is -1.10. The molecule has 1 saturated heterocycles. The van der Waals surface area contributed by atoms with E-state index in [2.05, 4.69) is 10.6 Å². The van der Waals surface area contributed by atoms with Gasteiger partial charge in [0.15, 0.2) is 0 Å². The molecule has 4 rings (SSSR count). The van der Waals surface area contributed by atoms with Crippen LogP contribution in [0.3, 0.4) is 0 Å². The second-order valence-corrected chi connectivity index (χ2v) is 8.33. The van der Waals surface area contributed by atoms with Gasteiger partial charge in [-0.3, -0.25) is 9.59 Å². The number of hydrogen-bond donors (Lipinski definition) is 2. The van der Waals surface area contributed by atoms with Crippen LogP contribution in [0, 0.1) is 13.8 Å². The predicted octanol–water partition coefficient (Wildman–Crippen LogP) is 3.42.